The monoisotopic (exact) mass is 258 g/mol. The van der Waals surface area contributed by atoms with Crippen LogP contribution in [-0.4, -0.2) is 4.98 Å². The molecule has 1 aromatic heterocycles. The van der Waals surface area contributed by atoms with Crippen LogP contribution in [0.25, 0.3) is 11.1 Å². The van der Waals surface area contributed by atoms with Gasteiger partial charge >= 0.3 is 0 Å². The molecule has 1 saturated carbocycles. The molecule has 3 heteroatoms. The number of benzene rings is 1. The second-order valence-electron chi connectivity index (χ2n) is 6.00. The first-order valence-corrected chi connectivity index (χ1v) is 7.27. The van der Waals surface area contributed by atoms with Gasteiger partial charge in [0.25, 0.3) is 0 Å². The van der Waals surface area contributed by atoms with E-state index in [-0.39, 0.29) is 5.54 Å². The summed E-state index contributed by atoms with van der Waals surface area (Å²) in [6.07, 6.45) is 5.59. The van der Waals surface area contributed by atoms with Crippen LogP contribution < -0.4 is 5.73 Å². The van der Waals surface area contributed by atoms with E-state index in [1.165, 1.54) is 24.8 Å². The fraction of sp³-hybridized carbons (Fsp3) is 0.562. The maximum atomic E-state index is 6.54. The van der Waals surface area contributed by atoms with Crippen molar-refractivity contribution in [3.05, 3.63) is 29.7 Å². The van der Waals surface area contributed by atoms with Crippen molar-refractivity contribution in [3.8, 4) is 0 Å². The number of hydrogen-bond donors (Lipinski definition) is 1. The maximum Gasteiger partial charge on any atom is 0.215 e. The Hall–Kier alpha value is -1.35. The highest BCUT2D eigenvalue weighted by Crippen LogP contribution is 2.39. The minimum absolute atomic E-state index is 0.363. The van der Waals surface area contributed by atoms with Crippen LogP contribution in [0, 0.1) is 12.8 Å². The summed E-state index contributed by atoms with van der Waals surface area (Å²) in [4.78, 5) is 4.61. The number of fused-ring (bicyclic) bond motifs is 1. The highest BCUT2D eigenvalue weighted by Gasteiger charge is 2.37. The van der Waals surface area contributed by atoms with Crippen LogP contribution in [0.2, 0.25) is 0 Å². The predicted octanol–water partition coefficient (Wildman–Crippen LogP) is 3.89. The summed E-state index contributed by atoms with van der Waals surface area (Å²) in [5, 5.41) is 0. The van der Waals surface area contributed by atoms with E-state index in [0.29, 0.717) is 0 Å². The molecule has 3 rings (SSSR count). The van der Waals surface area contributed by atoms with Gasteiger partial charge in [-0.3, -0.25) is 0 Å². The maximum absolute atomic E-state index is 6.54. The van der Waals surface area contributed by atoms with Crippen LogP contribution >= 0.6 is 0 Å². The van der Waals surface area contributed by atoms with E-state index in [1.807, 2.05) is 12.1 Å². The fourth-order valence-corrected chi connectivity index (χ4v) is 3.06. The predicted molar refractivity (Wildman–Crippen MR) is 76.9 cm³/mol. The SMILES string of the molecule is CCC1CCC(N)(c2nc3ccc(C)cc3o2)CC1. The van der Waals surface area contributed by atoms with Crippen LogP contribution in [0.15, 0.2) is 22.6 Å². The molecule has 102 valence electrons. The Kier molecular flexibility index (Phi) is 3.09. The fourth-order valence-electron chi connectivity index (χ4n) is 3.06. The van der Waals surface area contributed by atoms with Crippen molar-refractivity contribution in [2.24, 2.45) is 11.7 Å². The van der Waals surface area contributed by atoms with Crippen LogP contribution in [0.4, 0.5) is 0 Å². The lowest BCUT2D eigenvalue weighted by Gasteiger charge is -2.34. The first kappa shape index (κ1) is 12.7. The van der Waals surface area contributed by atoms with Crippen molar-refractivity contribution in [1.82, 2.24) is 4.98 Å². The van der Waals surface area contributed by atoms with Gasteiger partial charge in [0.05, 0.1) is 5.54 Å². The van der Waals surface area contributed by atoms with Crippen molar-refractivity contribution in [1.29, 1.82) is 0 Å². The summed E-state index contributed by atoms with van der Waals surface area (Å²) in [6, 6.07) is 6.11. The van der Waals surface area contributed by atoms with E-state index >= 15 is 0 Å². The van der Waals surface area contributed by atoms with Crippen molar-refractivity contribution >= 4 is 11.1 Å². The van der Waals surface area contributed by atoms with Gasteiger partial charge in [0.2, 0.25) is 5.89 Å². The molecule has 1 heterocycles. The Morgan fingerprint density at radius 2 is 2.11 bits per heavy atom. The summed E-state index contributed by atoms with van der Waals surface area (Å²) in [6.45, 7) is 4.32. The van der Waals surface area contributed by atoms with Gasteiger partial charge in [-0.05, 0) is 56.2 Å². The molecule has 0 spiro atoms. The van der Waals surface area contributed by atoms with Crippen LogP contribution in [-0.2, 0) is 5.54 Å². The molecule has 1 fully saturated rings. The minimum atomic E-state index is -0.363. The van der Waals surface area contributed by atoms with E-state index < -0.39 is 0 Å². The number of oxazole rings is 1. The lowest BCUT2D eigenvalue weighted by atomic mass is 9.76. The topological polar surface area (TPSA) is 52.0 Å². The third kappa shape index (κ3) is 2.27. The first-order valence-electron chi connectivity index (χ1n) is 7.27. The van der Waals surface area contributed by atoms with Crippen LogP contribution in [0.3, 0.4) is 0 Å². The number of nitrogens with two attached hydrogens (primary N) is 1. The molecule has 1 aliphatic rings. The van der Waals surface area contributed by atoms with Crippen LogP contribution in [0.1, 0.15) is 50.5 Å². The second-order valence-corrected chi connectivity index (χ2v) is 6.00. The highest BCUT2D eigenvalue weighted by molar-refractivity contribution is 5.73. The number of aryl methyl sites for hydroxylation is 1. The van der Waals surface area contributed by atoms with E-state index in [4.69, 9.17) is 10.2 Å². The van der Waals surface area contributed by atoms with Gasteiger partial charge in [-0.25, -0.2) is 4.98 Å². The molecule has 3 nitrogen and oxygen atoms in total. The highest BCUT2D eigenvalue weighted by atomic mass is 16.4. The molecule has 2 aromatic rings. The molecule has 1 aliphatic carbocycles. The van der Waals surface area contributed by atoms with Crippen molar-refractivity contribution in [2.75, 3.05) is 0 Å². The number of nitrogens with zero attached hydrogens (tertiary/aromatic N) is 1. The van der Waals surface area contributed by atoms with Gasteiger partial charge in [0.15, 0.2) is 5.58 Å². The molecule has 0 saturated heterocycles. The minimum Gasteiger partial charge on any atom is -0.439 e. The number of rotatable bonds is 2. The molecule has 0 atom stereocenters. The Bertz CT molecular complexity index is 579. The van der Waals surface area contributed by atoms with E-state index in [0.717, 1.165) is 35.7 Å². The first-order chi connectivity index (χ1) is 9.10. The Labute approximate surface area is 114 Å². The molecule has 2 N–H and O–H groups in total. The Morgan fingerprint density at radius 1 is 1.37 bits per heavy atom. The van der Waals surface area contributed by atoms with E-state index in [1.54, 1.807) is 0 Å². The average molecular weight is 258 g/mol. The van der Waals surface area contributed by atoms with Crippen molar-refractivity contribution < 1.29 is 4.42 Å². The van der Waals surface area contributed by atoms with Gasteiger partial charge in [-0.1, -0.05) is 19.4 Å². The average Bonchev–Trinajstić information content (AvgIpc) is 2.83. The summed E-state index contributed by atoms with van der Waals surface area (Å²) < 4.78 is 5.92. The van der Waals surface area contributed by atoms with Crippen molar-refractivity contribution in [3.63, 3.8) is 0 Å². The number of hydrogen-bond acceptors (Lipinski definition) is 3. The molecule has 0 aliphatic heterocycles. The summed E-state index contributed by atoms with van der Waals surface area (Å²) in [5.74, 6) is 1.55. The zero-order chi connectivity index (χ0) is 13.5. The largest absolute Gasteiger partial charge is 0.439 e. The van der Waals surface area contributed by atoms with Gasteiger partial charge < -0.3 is 10.2 Å². The summed E-state index contributed by atoms with van der Waals surface area (Å²) in [7, 11) is 0. The van der Waals surface area contributed by atoms with Gasteiger partial charge in [0, 0.05) is 0 Å². The molecular weight excluding hydrogens is 236 g/mol. The standard InChI is InChI=1S/C16H22N2O/c1-3-12-6-8-16(17,9-7-12)15-18-13-5-4-11(2)10-14(13)19-15/h4-5,10,12H,3,6-9,17H2,1-2H3. The molecule has 0 bridgehead atoms. The second kappa shape index (κ2) is 4.64. The van der Waals surface area contributed by atoms with Gasteiger partial charge in [-0.15, -0.1) is 0 Å². The Balaban J connectivity index is 1.91. The smallest absolute Gasteiger partial charge is 0.215 e. The zero-order valence-corrected chi connectivity index (χ0v) is 11.8. The quantitative estimate of drug-likeness (QED) is 0.889. The molecule has 1 aromatic carbocycles. The summed E-state index contributed by atoms with van der Waals surface area (Å²) >= 11 is 0. The third-order valence-corrected chi connectivity index (χ3v) is 4.54. The van der Waals surface area contributed by atoms with Gasteiger partial charge in [-0.2, -0.15) is 0 Å². The molecule has 0 amide bonds. The lowest BCUT2D eigenvalue weighted by molar-refractivity contribution is 0.198. The van der Waals surface area contributed by atoms with Gasteiger partial charge in [0.1, 0.15) is 5.52 Å². The molecule has 19 heavy (non-hydrogen) atoms. The van der Waals surface area contributed by atoms with Crippen molar-refractivity contribution in [2.45, 2.75) is 51.5 Å². The van der Waals surface area contributed by atoms with Crippen LogP contribution in [0.5, 0.6) is 0 Å². The Morgan fingerprint density at radius 3 is 2.79 bits per heavy atom. The summed E-state index contributed by atoms with van der Waals surface area (Å²) in [5.41, 5.74) is 9.15. The van der Waals surface area contributed by atoms with E-state index in [2.05, 4.69) is 24.9 Å². The van der Waals surface area contributed by atoms with E-state index in [9.17, 15) is 0 Å². The third-order valence-electron chi connectivity index (χ3n) is 4.54. The lowest BCUT2D eigenvalue weighted by Crippen LogP contribution is -2.40. The zero-order valence-electron chi connectivity index (χ0n) is 11.8. The number of aromatic nitrogens is 1. The normalized spacial score (nSPS) is 27.8. The molecular formula is C16H22N2O. The molecule has 0 unspecified atom stereocenters. The molecule has 0 radical (unpaired) electrons.